The number of amides is 1. The predicted molar refractivity (Wildman–Crippen MR) is 42.7 cm³/mol. The molecule has 0 aromatic carbocycles. The van der Waals surface area contributed by atoms with Crippen LogP contribution in [-0.2, 0) is 4.79 Å². The Morgan fingerprint density at radius 1 is 1.50 bits per heavy atom. The molecule has 0 N–H and O–H groups in total. The third-order valence-corrected chi connectivity index (χ3v) is 1.18. The molecule has 0 atom stereocenters. The average molecular weight is 139 g/mol. The van der Waals surface area contributed by atoms with E-state index >= 15 is 0 Å². The molecule has 0 aromatic heterocycles. The van der Waals surface area contributed by atoms with E-state index in [2.05, 4.69) is 18.6 Å². The number of hydrogen-bond acceptors (Lipinski definition) is 1. The molecule has 10 heavy (non-hydrogen) atoms. The van der Waals surface area contributed by atoms with Gasteiger partial charge in [0.2, 0.25) is 5.91 Å². The maximum Gasteiger partial charge on any atom is 0.248 e. The van der Waals surface area contributed by atoms with Crippen molar-refractivity contribution in [3.05, 3.63) is 13.3 Å². The highest BCUT2D eigenvalue weighted by molar-refractivity contribution is 5.88. The van der Waals surface area contributed by atoms with Crippen LogP contribution in [0.2, 0.25) is 0 Å². The van der Waals surface area contributed by atoms with E-state index < -0.39 is 0 Å². The number of rotatable bonds is 5. The molecular weight excluding hydrogens is 126 g/mol. The van der Waals surface area contributed by atoms with E-state index in [1.807, 2.05) is 0 Å². The van der Waals surface area contributed by atoms with Gasteiger partial charge in [-0.05, 0) is 13.1 Å². The van der Waals surface area contributed by atoms with Crippen molar-refractivity contribution in [1.29, 1.82) is 0 Å². The molecule has 0 aliphatic rings. The molecule has 0 fully saturated rings. The van der Waals surface area contributed by atoms with Gasteiger partial charge in [0, 0.05) is 0 Å². The molecular formula is C8H13NO. The molecule has 2 nitrogen and oxygen atoms in total. The highest BCUT2D eigenvalue weighted by atomic mass is 16.1. The number of carbonyl (C=O) groups excluding carboxylic acids is 1. The first-order valence-corrected chi connectivity index (χ1v) is 3.44. The molecule has 0 saturated heterocycles. The van der Waals surface area contributed by atoms with Crippen LogP contribution in [0.4, 0.5) is 0 Å². The van der Waals surface area contributed by atoms with Crippen molar-refractivity contribution in [3.63, 3.8) is 0 Å². The fraction of sp³-hybridized carbons (Fsp3) is 0.500. The lowest BCUT2D eigenvalue weighted by Gasteiger charge is -1.93. The summed E-state index contributed by atoms with van der Waals surface area (Å²) < 4.78 is 0. The summed E-state index contributed by atoms with van der Waals surface area (Å²) >= 11 is 0. The van der Waals surface area contributed by atoms with E-state index in [9.17, 15) is 4.79 Å². The summed E-state index contributed by atoms with van der Waals surface area (Å²) in [5.74, 6) is -0.218. The van der Waals surface area contributed by atoms with Crippen molar-refractivity contribution >= 4 is 12.6 Å². The molecule has 0 heterocycles. The SMILES string of the molecule is [CH2]CCCC[CH]C(=O)N=C. The third-order valence-electron chi connectivity index (χ3n) is 1.18. The topological polar surface area (TPSA) is 29.4 Å². The Morgan fingerprint density at radius 2 is 2.20 bits per heavy atom. The van der Waals surface area contributed by atoms with Crippen LogP contribution >= 0.6 is 0 Å². The van der Waals surface area contributed by atoms with Crippen LogP contribution in [0.3, 0.4) is 0 Å². The second kappa shape index (κ2) is 6.46. The van der Waals surface area contributed by atoms with Crippen molar-refractivity contribution < 1.29 is 4.79 Å². The van der Waals surface area contributed by atoms with E-state index in [1.165, 1.54) is 0 Å². The highest BCUT2D eigenvalue weighted by Crippen LogP contribution is 2.01. The van der Waals surface area contributed by atoms with Crippen LogP contribution in [-0.4, -0.2) is 12.6 Å². The normalized spacial score (nSPS) is 9.30. The minimum Gasteiger partial charge on any atom is -0.272 e. The largest absolute Gasteiger partial charge is 0.272 e. The fourth-order valence-electron chi connectivity index (χ4n) is 0.611. The second-order valence-electron chi connectivity index (χ2n) is 2.05. The summed E-state index contributed by atoms with van der Waals surface area (Å²) in [6, 6.07) is 0. The maximum atomic E-state index is 10.5. The van der Waals surface area contributed by atoms with Gasteiger partial charge in [-0.25, -0.2) is 4.99 Å². The Kier molecular flexibility index (Phi) is 6.03. The first kappa shape index (κ1) is 9.34. The van der Waals surface area contributed by atoms with E-state index in [1.54, 1.807) is 6.42 Å². The van der Waals surface area contributed by atoms with E-state index in [4.69, 9.17) is 0 Å². The molecule has 0 aromatic rings. The van der Waals surface area contributed by atoms with Crippen LogP contribution in [0.1, 0.15) is 25.7 Å². The summed E-state index contributed by atoms with van der Waals surface area (Å²) in [4.78, 5) is 13.7. The molecule has 1 amide bonds. The lowest BCUT2D eigenvalue weighted by molar-refractivity contribution is -0.114. The van der Waals surface area contributed by atoms with Gasteiger partial charge in [-0.15, -0.1) is 0 Å². The van der Waals surface area contributed by atoms with Gasteiger partial charge in [-0.3, -0.25) is 4.79 Å². The van der Waals surface area contributed by atoms with Crippen molar-refractivity contribution in [2.45, 2.75) is 25.7 Å². The van der Waals surface area contributed by atoms with Gasteiger partial charge >= 0.3 is 0 Å². The molecule has 0 saturated carbocycles. The van der Waals surface area contributed by atoms with Crippen molar-refractivity contribution in [2.24, 2.45) is 4.99 Å². The highest BCUT2D eigenvalue weighted by Gasteiger charge is 1.95. The zero-order valence-electron chi connectivity index (χ0n) is 6.18. The van der Waals surface area contributed by atoms with Crippen LogP contribution in [0.5, 0.6) is 0 Å². The zero-order valence-corrected chi connectivity index (χ0v) is 6.18. The number of aliphatic imine (C=N–C) groups is 1. The first-order chi connectivity index (χ1) is 4.81. The van der Waals surface area contributed by atoms with Crippen LogP contribution in [0.25, 0.3) is 0 Å². The van der Waals surface area contributed by atoms with Crippen molar-refractivity contribution in [3.8, 4) is 0 Å². The lowest BCUT2D eigenvalue weighted by Crippen LogP contribution is -1.92. The Balaban J connectivity index is 3.03. The Labute approximate surface area is 62.4 Å². The predicted octanol–water partition coefficient (Wildman–Crippen LogP) is 1.81. The summed E-state index contributed by atoms with van der Waals surface area (Å²) in [5, 5.41) is 0. The number of hydrogen-bond donors (Lipinski definition) is 0. The Hall–Kier alpha value is -0.660. The Morgan fingerprint density at radius 3 is 2.70 bits per heavy atom. The van der Waals surface area contributed by atoms with E-state index in [0.29, 0.717) is 0 Å². The molecule has 2 radical (unpaired) electrons. The molecule has 56 valence electrons. The molecule has 0 aliphatic heterocycles. The third kappa shape index (κ3) is 5.48. The standard InChI is InChI=1S/C8H13NO/c1-3-4-5-6-7-8(10)9-2/h7H,1-6H2. The van der Waals surface area contributed by atoms with E-state index in [-0.39, 0.29) is 5.91 Å². The summed E-state index contributed by atoms with van der Waals surface area (Å²) in [6.07, 6.45) is 5.38. The summed E-state index contributed by atoms with van der Waals surface area (Å²) in [7, 11) is 0. The lowest BCUT2D eigenvalue weighted by atomic mass is 10.1. The van der Waals surface area contributed by atoms with Gasteiger partial charge in [0.25, 0.3) is 0 Å². The van der Waals surface area contributed by atoms with Crippen molar-refractivity contribution in [2.75, 3.05) is 0 Å². The van der Waals surface area contributed by atoms with Crippen molar-refractivity contribution in [1.82, 2.24) is 0 Å². The molecule has 0 rings (SSSR count). The van der Waals surface area contributed by atoms with Crippen LogP contribution in [0.15, 0.2) is 4.99 Å². The molecule has 0 unspecified atom stereocenters. The van der Waals surface area contributed by atoms with Gasteiger partial charge < -0.3 is 0 Å². The zero-order chi connectivity index (χ0) is 7.82. The van der Waals surface area contributed by atoms with Crippen LogP contribution < -0.4 is 0 Å². The first-order valence-electron chi connectivity index (χ1n) is 3.44. The Bertz CT molecular complexity index is 110. The van der Waals surface area contributed by atoms with Crippen LogP contribution in [0, 0.1) is 13.3 Å². The minimum absolute atomic E-state index is 0.218. The monoisotopic (exact) mass is 139 g/mol. The van der Waals surface area contributed by atoms with E-state index in [0.717, 1.165) is 25.7 Å². The second-order valence-corrected chi connectivity index (χ2v) is 2.05. The minimum atomic E-state index is -0.218. The molecule has 0 bridgehead atoms. The molecule has 2 heteroatoms. The molecule has 0 aliphatic carbocycles. The quantitative estimate of drug-likeness (QED) is 0.422. The van der Waals surface area contributed by atoms with Gasteiger partial charge in [-0.1, -0.05) is 26.2 Å². The smallest absolute Gasteiger partial charge is 0.248 e. The van der Waals surface area contributed by atoms with Gasteiger partial charge in [0.05, 0.1) is 6.42 Å². The number of unbranched alkanes of at least 4 members (excludes halogenated alkanes) is 3. The number of nitrogens with zero attached hydrogens (tertiary/aromatic N) is 1. The molecule has 0 spiro atoms. The average Bonchev–Trinajstić information content (AvgIpc) is 1.98. The van der Waals surface area contributed by atoms with Gasteiger partial charge in [0.1, 0.15) is 0 Å². The maximum absolute atomic E-state index is 10.5. The number of carbonyl (C=O) groups is 1. The van der Waals surface area contributed by atoms with Gasteiger partial charge in [-0.2, -0.15) is 0 Å². The fourth-order valence-corrected chi connectivity index (χ4v) is 0.611. The summed E-state index contributed by atoms with van der Waals surface area (Å²) in [6.45, 7) is 6.80. The summed E-state index contributed by atoms with van der Waals surface area (Å²) in [5.41, 5.74) is 0. The van der Waals surface area contributed by atoms with Gasteiger partial charge in [0.15, 0.2) is 0 Å².